The van der Waals surface area contributed by atoms with Crippen LogP contribution in [0, 0.1) is 12.8 Å². The second-order valence-corrected chi connectivity index (χ2v) is 10.7. The first kappa shape index (κ1) is 26.9. The molecule has 2 aromatic carbocycles. The number of fused-ring (bicyclic) bond motifs is 1. The molecule has 1 saturated heterocycles. The van der Waals surface area contributed by atoms with Gasteiger partial charge in [-0.05, 0) is 43.9 Å². The van der Waals surface area contributed by atoms with Gasteiger partial charge in [-0.25, -0.2) is 14.6 Å². The molecule has 204 valence electrons. The fourth-order valence-corrected chi connectivity index (χ4v) is 5.46. The minimum absolute atomic E-state index is 0.132. The zero-order chi connectivity index (χ0) is 27.2. The van der Waals surface area contributed by atoms with E-state index < -0.39 is 0 Å². The lowest BCUT2D eigenvalue weighted by Gasteiger charge is -2.26. The van der Waals surface area contributed by atoms with Crippen LogP contribution in [0.25, 0.3) is 16.7 Å². The molecule has 1 fully saturated rings. The highest BCUT2D eigenvalue weighted by molar-refractivity contribution is 5.88. The number of hydrogen-bond acceptors (Lipinski definition) is 5. The molecular weight excluding hydrogens is 484 g/mol. The summed E-state index contributed by atoms with van der Waals surface area (Å²) in [6.07, 6.45) is 7.59. The van der Waals surface area contributed by atoms with Crippen molar-refractivity contribution < 1.29 is 4.79 Å². The molecule has 0 saturated carbocycles. The number of anilines is 1. The highest BCUT2D eigenvalue weighted by Crippen LogP contribution is 2.28. The van der Waals surface area contributed by atoms with Crippen molar-refractivity contribution >= 4 is 22.8 Å². The maximum absolute atomic E-state index is 13.4. The summed E-state index contributed by atoms with van der Waals surface area (Å²) < 4.78 is 1.91. The summed E-state index contributed by atoms with van der Waals surface area (Å²) in [5.74, 6) is 2.14. The Morgan fingerprint density at radius 1 is 0.949 bits per heavy atom. The van der Waals surface area contributed by atoms with E-state index in [0.29, 0.717) is 18.9 Å². The Morgan fingerprint density at radius 3 is 2.49 bits per heavy atom. The predicted octanol–water partition coefficient (Wildman–Crippen LogP) is 5.97. The first-order valence-electron chi connectivity index (χ1n) is 14.5. The number of benzene rings is 2. The molecule has 7 nitrogen and oxygen atoms in total. The van der Waals surface area contributed by atoms with Crippen molar-refractivity contribution in [3.8, 4) is 5.69 Å². The molecule has 39 heavy (non-hydrogen) atoms. The Balaban J connectivity index is 1.46. The van der Waals surface area contributed by atoms with Crippen molar-refractivity contribution in [3.05, 3.63) is 77.7 Å². The summed E-state index contributed by atoms with van der Waals surface area (Å²) in [7, 11) is 0. The van der Waals surface area contributed by atoms with E-state index in [2.05, 4.69) is 54.8 Å². The van der Waals surface area contributed by atoms with Crippen LogP contribution in [-0.4, -0.2) is 56.7 Å². The van der Waals surface area contributed by atoms with Gasteiger partial charge in [-0.15, -0.1) is 0 Å². The van der Waals surface area contributed by atoms with Crippen LogP contribution in [0.3, 0.4) is 0 Å². The van der Waals surface area contributed by atoms with E-state index in [1.165, 1.54) is 11.1 Å². The van der Waals surface area contributed by atoms with Crippen LogP contribution in [0.1, 0.15) is 62.9 Å². The van der Waals surface area contributed by atoms with Gasteiger partial charge in [0.05, 0.1) is 17.3 Å². The van der Waals surface area contributed by atoms with Crippen LogP contribution >= 0.6 is 0 Å². The molecule has 4 aromatic rings. The zero-order valence-electron chi connectivity index (χ0n) is 23.5. The maximum Gasteiger partial charge on any atom is 0.225 e. The average Bonchev–Trinajstić information content (AvgIpc) is 3.23. The van der Waals surface area contributed by atoms with Gasteiger partial charge in [-0.3, -0.25) is 4.79 Å². The smallest absolute Gasteiger partial charge is 0.225 e. The number of unbranched alkanes of at least 4 members (excludes halogenated alkanes) is 1. The molecule has 0 radical (unpaired) electrons. The second-order valence-electron chi connectivity index (χ2n) is 10.7. The Kier molecular flexibility index (Phi) is 8.54. The van der Waals surface area contributed by atoms with Crippen LogP contribution in [0.4, 0.5) is 5.82 Å². The van der Waals surface area contributed by atoms with Crippen molar-refractivity contribution in [2.75, 3.05) is 31.1 Å². The van der Waals surface area contributed by atoms with Crippen molar-refractivity contribution in [1.82, 2.24) is 24.6 Å². The van der Waals surface area contributed by atoms with Gasteiger partial charge in [0.25, 0.3) is 0 Å². The van der Waals surface area contributed by atoms with Crippen LogP contribution in [0.5, 0.6) is 0 Å². The van der Waals surface area contributed by atoms with Gasteiger partial charge in [0, 0.05) is 38.5 Å². The van der Waals surface area contributed by atoms with E-state index in [1.54, 1.807) is 0 Å². The quantitative estimate of drug-likeness (QED) is 0.270. The fourth-order valence-electron chi connectivity index (χ4n) is 5.46. The van der Waals surface area contributed by atoms with Crippen molar-refractivity contribution in [2.45, 2.75) is 59.3 Å². The molecule has 2 aromatic heterocycles. The average molecular weight is 525 g/mol. The molecule has 1 amide bonds. The summed E-state index contributed by atoms with van der Waals surface area (Å²) in [6.45, 7) is 9.54. The maximum atomic E-state index is 13.4. The lowest BCUT2D eigenvalue weighted by Crippen LogP contribution is -2.39. The van der Waals surface area contributed by atoms with Gasteiger partial charge in [0.15, 0.2) is 5.65 Å². The Labute approximate surface area is 231 Å². The largest absolute Gasteiger partial charge is 0.354 e. The fraction of sp³-hybridized carbons (Fsp3) is 0.438. The third-order valence-electron chi connectivity index (χ3n) is 7.79. The zero-order valence-corrected chi connectivity index (χ0v) is 23.5. The van der Waals surface area contributed by atoms with Gasteiger partial charge < -0.3 is 9.80 Å². The van der Waals surface area contributed by atoms with Gasteiger partial charge >= 0.3 is 0 Å². The monoisotopic (exact) mass is 524 g/mol. The van der Waals surface area contributed by atoms with Gasteiger partial charge in [-0.1, -0.05) is 74.7 Å². The number of aryl methyl sites for hydroxylation is 1. The van der Waals surface area contributed by atoms with Crippen molar-refractivity contribution in [2.24, 2.45) is 5.92 Å². The number of carbonyl (C=O) groups is 1. The summed E-state index contributed by atoms with van der Waals surface area (Å²) in [5.41, 5.74) is 4.21. The summed E-state index contributed by atoms with van der Waals surface area (Å²) in [6, 6.07) is 18.7. The van der Waals surface area contributed by atoms with E-state index in [-0.39, 0.29) is 5.92 Å². The van der Waals surface area contributed by atoms with Crippen molar-refractivity contribution in [3.63, 3.8) is 0 Å². The lowest BCUT2D eigenvalue weighted by atomic mass is 9.97. The molecule has 1 atom stereocenters. The van der Waals surface area contributed by atoms with E-state index in [1.807, 2.05) is 41.2 Å². The molecule has 0 bridgehead atoms. The highest BCUT2D eigenvalue weighted by Gasteiger charge is 2.27. The van der Waals surface area contributed by atoms with Gasteiger partial charge in [0.1, 0.15) is 11.6 Å². The second kappa shape index (κ2) is 12.4. The third-order valence-corrected chi connectivity index (χ3v) is 7.79. The lowest BCUT2D eigenvalue weighted by molar-refractivity contribution is -0.135. The number of nitrogens with zero attached hydrogens (tertiary/aromatic N) is 6. The number of hydrogen-bond donors (Lipinski definition) is 0. The molecule has 0 aliphatic carbocycles. The summed E-state index contributed by atoms with van der Waals surface area (Å²) >= 11 is 0. The standard InChI is InChI=1S/C32H40N6O/c1-4-6-11-26(5-2)32(39)37-19-10-18-36(20-21-37)30-28-23-33-38(27-12-8-7-9-13-27)31(28)35-29(34-30)22-25-16-14-24(3)15-17-25/h7-9,12-17,23,26H,4-6,10-11,18-22H2,1-3H3. The number of rotatable bonds is 9. The topological polar surface area (TPSA) is 67.2 Å². The van der Waals surface area contributed by atoms with E-state index in [0.717, 1.165) is 80.1 Å². The summed E-state index contributed by atoms with van der Waals surface area (Å²) in [4.78, 5) is 27.9. The molecule has 0 N–H and O–H groups in total. The van der Waals surface area contributed by atoms with E-state index >= 15 is 0 Å². The predicted molar refractivity (Wildman–Crippen MR) is 157 cm³/mol. The molecule has 3 heterocycles. The number of para-hydroxylation sites is 1. The first-order valence-corrected chi connectivity index (χ1v) is 14.5. The minimum atomic E-state index is 0.132. The number of aromatic nitrogens is 4. The molecule has 1 aliphatic rings. The third kappa shape index (κ3) is 6.13. The van der Waals surface area contributed by atoms with Gasteiger partial charge in [0.2, 0.25) is 5.91 Å². The van der Waals surface area contributed by atoms with E-state index in [9.17, 15) is 4.79 Å². The Bertz CT molecular complexity index is 1380. The van der Waals surface area contributed by atoms with Crippen LogP contribution < -0.4 is 4.90 Å². The minimum Gasteiger partial charge on any atom is -0.354 e. The normalized spacial score (nSPS) is 14.9. The molecule has 1 unspecified atom stereocenters. The molecular formula is C32H40N6O. The number of carbonyl (C=O) groups excluding carboxylic acids is 1. The number of amides is 1. The highest BCUT2D eigenvalue weighted by atomic mass is 16.2. The molecule has 5 rings (SSSR count). The van der Waals surface area contributed by atoms with E-state index in [4.69, 9.17) is 15.1 Å². The summed E-state index contributed by atoms with van der Waals surface area (Å²) in [5, 5.41) is 5.68. The Morgan fingerprint density at radius 2 is 1.74 bits per heavy atom. The van der Waals surface area contributed by atoms with Crippen molar-refractivity contribution in [1.29, 1.82) is 0 Å². The van der Waals surface area contributed by atoms with Crippen LogP contribution in [-0.2, 0) is 11.2 Å². The SMILES string of the molecule is CCCCC(CC)C(=O)N1CCCN(c2nc(Cc3ccc(C)cc3)nc3c2cnn3-c2ccccc2)CC1. The Hall–Kier alpha value is -3.74. The first-order chi connectivity index (χ1) is 19.1. The van der Waals surface area contributed by atoms with Crippen LogP contribution in [0.2, 0.25) is 0 Å². The molecule has 0 spiro atoms. The van der Waals surface area contributed by atoms with Gasteiger partial charge in [-0.2, -0.15) is 5.10 Å². The molecule has 1 aliphatic heterocycles. The van der Waals surface area contributed by atoms with Crippen LogP contribution in [0.15, 0.2) is 60.8 Å². The molecule has 7 heteroatoms.